The lowest BCUT2D eigenvalue weighted by Crippen LogP contribution is -2.63. The van der Waals surface area contributed by atoms with Gasteiger partial charge in [-0.05, 0) is 67.7 Å². The van der Waals surface area contributed by atoms with Crippen LogP contribution in [0.25, 0.3) is 0 Å². The van der Waals surface area contributed by atoms with Crippen molar-refractivity contribution in [1.29, 1.82) is 0 Å². The molecule has 0 unspecified atom stereocenters. The number of hydrogen-bond donors (Lipinski definition) is 3. The second-order valence-electron chi connectivity index (χ2n) is 18.0. The maximum Gasteiger partial charge on any atom is 0.330 e. The maximum atomic E-state index is 14.5. The Kier molecular flexibility index (Phi) is 16.6. The fraction of sp³-hybridized carbons (Fsp3) is 0.837. The Hall–Kier alpha value is -3.23. The molecule has 0 aliphatic carbocycles. The van der Waals surface area contributed by atoms with E-state index < -0.39 is 138 Å². The first-order valence-electron chi connectivity index (χ1n) is 21.3. The molecule has 61 heavy (non-hydrogen) atoms. The SMILES string of the molecule is C=CC(=O)O[C@H]1[C@H](C)O[C@@H](O[C@H]2[C@H](C)[C@H]3O[C@@H]4O[C@H](C)C[C@H](N(C)C(C)=O)[C@H]4OC(=O)C[C@H](C[C@@]3(C)OC)C(=O)N[C@H](C)[C@@H](O)[C@](C)(O)[C@@H](CC)OC(=O)[C@@H]2C)C[C@@]1(C)OC. The van der Waals surface area contributed by atoms with E-state index in [1.165, 1.54) is 39.9 Å². The van der Waals surface area contributed by atoms with Crippen LogP contribution in [0.4, 0.5) is 0 Å². The number of ether oxygens (including phenoxy) is 9. The number of fused-ring (bicyclic) bond motifs is 4. The summed E-state index contributed by atoms with van der Waals surface area (Å²) < 4.78 is 56.6. The van der Waals surface area contributed by atoms with Crippen molar-refractivity contribution in [2.24, 2.45) is 17.8 Å². The summed E-state index contributed by atoms with van der Waals surface area (Å²) in [4.78, 5) is 69.3. The van der Waals surface area contributed by atoms with Crippen molar-refractivity contribution in [3.05, 3.63) is 12.7 Å². The van der Waals surface area contributed by atoms with Gasteiger partial charge >= 0.3 is 17.9 Å². The number of rotatable bonds is 8. The molecule has 18 heteroatoms. The Labute approximate surface area is 359 Å². The van der Waals surface area contributed by atoms with Gasteiger partial charge in [-0.3, -0.25) is 19.2 Å². The van der Waals surface area contributed by atoms with E-state index in [1.54, 1.807) is 48.6 Å². The van der Waals surface area contributed by atoms with E-state index in [4.69, 9.17) is 42.6 Å². The van der Waals surface area contributed by atoms with Crippen LogP contribution in [-0.2, 0) is 66.6 Å². The fourth-order valence-electron chi connectivity index (χ4n) is 9.44. The van der Waals surface area contributed by atoms with Crippen LogP contribution in [0.3, 0.4) is 0 Å². The van der Waals surface area contributed by atoms with E-state index in [0.717, 1.165) is 6.08 Å². The molecule has 2 amide bonds. The summed E-state index contributed by atoms with van der Waals surface area (Å²) in [7, 11) is 4.50. The molecule has 0 spiro atoms. The van der Waals surface area contributed by atoms with Crippen LogP contribution >= 0.6 is 0 Å². The number of carbonyl (C=O) groups is 5. The topological polar surface area (TPSA) is 224 Å². The van der Waals surface area contributed by atoms with Crippen molar-refractivity contribution >= 4 is 29.7 Å². The lowest BCUT2D eigenvalue weighted by atomic mass is 9.76. The number of carbonyl (C=O) groups excluding carboxylic acids is 5. The monoisotopic (exact) mass is 870 g/mol. The number of amides is 2. The predicted molar refractivity (Wildman–Crippen MR) is 216 cm³/mol. The van der Waals surface area contributed by atoms with Crippen molar-refractivity contribution in [2.75, 3.05) is 21.3 Å². The number of hydrogen-bond acceptors (Lipinski definition) is 16. The van der Waals surface area contributed by atoms with Gasteiger partial charge in [-0.2, -0.15) is 0 Å². The van der Waals surface area contributed by atoms with Gasteiger partial charge < -0.3 is 63.1 Å². The molecule has 348 valence electrons. The highest BCUT2D eigenvalue weighted by Crippen LogP contribution is 2.43. The average molecular weight is 871 g/mol. The summed E-state index contributed by atoms with van der Waals surface area (Å²) >= 11 is 0. The zero-order valence-electron chi connectivity index (χ0n) is 38.0. The minimum atomic E-state index is -2.06. The summed E-state index contributed by atoms with van der Waals surface area (Å²) in [6.07, 6.45) is -9.91. The van der Waals surface area contributed by atoms with Gasteiger partial charge in [0.2, 0.25) is 11.8 Å². The minimum Gasteiger partial charge on any atom is -0.459 e. The first kappa shape index (κ1) is 50.4. The molecule has 3 N–H and O–H groups in total. The lowest BCUT2D eigenvalue weighted by molar-refractivity contribution is -0.321. The second-order valence-corrected chi connectivity index (χ2v) is 18.0. The normalized spacial score (nSPS) is 44.2. The molecule has 0 saturated carbocycles. The van der Waals surface area contributed by atoms with Crippen LogP contribution in [-0.4, -0.2) is 156 Å². The molecule has 4 rings (SSSR count). The highest BCUT2D eigenvalue weighted by Gasteiger charge is 2.56. The minimum absolute atomic E-state index is 0.0277. The van der Waals surface area contributed by atoms with Gasteiger partial charge in [0.25, 0.3) is 0 Å². The van der Waals surface area contributed by atoms with Gasteiger partial charge in [0.15, 0.2) is 24.8 Å². The van der Waals surface area contributed by atoms with Crippen LogP contribution < -0.4 is 5.32 Å². The van der Waals surface area contributed by atoms with Crippen molar-refractivity contribution in [3.8, 4) is 0 Å². The van der Waals surface area contributed by atoms with Gasteiger partial charge in [-0.1, -0.05) is 20.4 Å². The van der Waals surface area contributed by atoms with Crippen LogP contribution in [0, 0.1) is 17.8 Å². The largest absolute Gasteiger partial charge is 0.459 e. The molecule has 2 bridgehead atoms. The molecular weight excluding hydrogens is 800 g/mol. The number of methoxy groups -OCH3 is 2. The lowest BCUT2D eigenvalue weighted by Gasteiger charge is -2.50. The van der Waals surface area contributed by atoms with Crippen molar-refractivity contribution < 1.29 is 76.8 Å². The molecule has 4 fully saturated rings. The molecule has 0 aromatic heterocycles. The molecule has 0 aromatic rings. The van der Waals surface area contributed by atoms with Crippen LogP contribution in [0.5, 0.6) is 0 Å². The fourth-order valence-corrected chi connectivity index (χ4v) is 9.44. The van der Waals surface area contributed by atoms with Crippen molar-refractivity contribution in [2.45, 2.75) is 192 Å². The summed E-state index contributed by atoms with van der Waals surface area (Å²) in [5.74, 6) is -6.28. The van der Waals surface area contributed by atoms with E-state index in [0.29, 0.717) is 6.42 Å². The number of nitrogens with one attached hydrogen (secondary N) is 1. The van der Waals surface area contributed by atoms with Crippen molar-refractivity contribution in [3.63, 3.8) is 0 Å². The molecule has 0 aromatic carbocycles. The highest BCUT2D eigenvalue weighted by atomic mass is 16.7. The third-order valence-electron chi connectivity index (χ3n) is 13.4. The summed E-state index contributed by atoms with van der Waals surface area (Å²) in [6.45, 7) is 19.7. The quantitative estimate of drug-likeness (QED) is 0.181. The van der Waals surface area contributed by atoms with E-state index in [1.807, 2.05) is 6.92 Å². The smallest absolute Gasteiger partial charge is 0.330 e. The Balaban J connectivity index is 1.94. The first-order chi connectivity index (χ1) is 28.4. The summed E-state index contributed by atoms with van der Waals surface area (Å²) in [5, 5.41) is 26.1. The Morgan fingerprint density at radius 1 is 0.984 bits per heavy atom. The highest BCUT2D eigenvalue weighted by molar-refractivity contribution is 5.84. The van der Waals surface area contributed by atoms with Crippen molar-refractivity contribution in [1.82, 2.24) is 10.2 Å². The molecule has 18 nitrogen and oxygen atoms in total. The summed E-state index contributed by atoms with van der Waals surface area (Å²) in [5.41, 5.74) is -4.64. The molecule has 4 heterocycles. The number of aliphatic hydroxyl groups excluding tert-OH is 1. The second kappa shape index (κ2) is 20.1. The van der Waals surface area contributed by atoms with Crippen LogP contribution in [0.1, 0.15) is 101 Å². The zero-order valence-corrected chi connectivity index (χ0v) is 38.0. The van der Waals surface area contributed by atoms with Crippen LogP contribution in [0.2, 0.25) is 0 Å². The molecule has 4 aliphatic rings. The number of nitrogens with zero attached hydrogens (tertiary/aromatic N) is 1. The van der Waals surface area contributed by atoms with E-state index in [9.17, 15) is 34.2 Å². The van der Waals surface area contributed by atoms with E-state index >= 15 is 0 Å². The Morgan fingerprint density at radius 2 is 1.62 bits per heavy atom. The molecule has 4 aliphatic heterocycles. The third kappa shape index (κ3) is 10.9. The number of aliphatic hydroxyl groups is 2. The maximum absolute atomic E-state index is 14.5. The van der Waals surface area contributed by atoms with Gasteiger partial charge in [-0.25, -0.2) is 4.79 Å². The third-order valence-corrected chi connectivity index (χ3v) is 13.4. The van der Waals surface area contributed by atoms with E-state index in [-0.39, 0.29) is 25.2 Å². The van der Waals surface area contributed by atoms with Gasteiger partial charge in [-0.15, -0.1) is 0 Å². The average Bonchev–Trinajstić information content (AvgIpc) is 3.20. The Bertz CT molecular complexity index is 1590. The van der Waals surface area contributed by atoms with Gasteiger partial charge in [0, 0.05) is 46.6 Å². The molecule has 18 atom stereocenters. The Morgan fingerprint density at radius 3 is 2.20 bits per heavy atom. The number of likely N-dealkylation sites (N-methyl/N-ethyl adjacent to an activating group) is 1. The number of cyclic esters (lactones) is 1. The van der Waals surface area contributed by atoms with E-state index in [2.05, 4.69) is 11.9 Å². The zero-order chi connectivity index (χ0) is 45.9. The van der Waals surface area contributed by atoms with Crippen LogP contribution in [0.15, 0.2) is 12.7 Å². The molecule has 0 radical (unpaired) electrons. The standard InChI is InChI=1S/C43H70N2O16/c1-15-29-43(11,52)35(49)24(6)44-38(50)27-18-31(48)58-34-28(45(12)26(8)46)17-21(3)55-40(34)61-36(41(9,19-27)53-13)22(4)33(23(5)39(51)57-29)60-32-20-42(10,54-14)37(25(7)56-32)59-30(47)16-2/h16,21-25,27-29,32-37,40,49,52H,2,15,17-20H2,1,3-14H3,(H,44,50)/t21-,22+,23-,24-,25+,27-,28+,29-,32+,33+,34-,35-,36-,37+,40+,41-,42-,43-/m1/s1. The van der Waals surface area contributed by atoms with Gasteiger partial charge in [0.05, 0.1) is 60.4 Å². The summed E-state index contributed by atoms with van der Waals surface area (Å²) in [6, 6.07) is -1.79. The number of esters is 3. The first-order valence-corrected chi connectivity index (χ1v) is 21.3. The molecule has 4 saturated heterocycles. The van der Waals surface area contributed by atoms with Gasteiger partial charge in [0.1, 0.15) is 23.4 Å². The molecular formula is C43H70N2O16. The predicted octanol–water partition coefficient (Wildman–Crippen LogP) is 2.33.